The fourth-order valence-electron chi connectivity index (χ4n) is 2.25. The normalized spacial score (nSPS) is 20.1. The van der Waals surface area contributed by atoms with Crippen molar-refractivity contribution in [3.05, 3.63) is 30.2 Å². The van der Waals surface area contributed by atoms with Gasteiger partial charge in [-0.25, -0.2) is 8.42 Å². The molecule has 1 aliphatic rings. The first-order valence-electron chi connectivity index (χ1n) is 6.85. The molecule has 0 spiro atoms. The van der Waals surface area contributed by atoms with Crippen molar-refractivity contribution in [3.63, 3.8) is 0 Å². The second-order valence-corrected chi connectivity index (χ2v) is 8.59. The maximum atomic E-state index is 11.4. The molecule has 0 radical (unpaired) electrons. The van der Waals surface area contributed by atoms with Gasteiger partial charge in [-0.1, -0.05) is 5.16 Å². The van der Waals surface area contributed by atoms with Crippen LogP contribution in [0.25, 0.3) is 11.4 Å². The maximum absolute atomic E-state index is 11.4. The van der Waals surface area contributed by atoms with Crippen molar-refractivity contribution >= 4 is 21.6 Å². The van der Waals surface area contributed by atoms with Crippen molar-refractivity contribution in [2.75, 3.05) is 18.6 Å². The summed E-state index contributed by atoms with van der Waals surface area (Å²) in [5.41, 5.74) is 0.851. The fourth-order valence-corrected chi connectivity index (χ4v) is 5.73. The molecule has 0 bridgehead atoms. The zero-order valence-electron chi connectivity index (χ0n) is 12.1. The number of ether oxygens (including phenoxy) is 1. The van der Waals surface area contributed by atoms with Gasteiger partial charge in [-0.3, -0.25) is 0 Å². The van der Waals surface area contributed by atoms with Crippen molar-refractivity contribution < 1.29 is 17.7 Å². The largest absolute Gasteiger partial charge is 0.497 e. The SMILES string of the molecule is COc1ccc(-c2noc(CS[C@@H]3CCS(=O)(=O)C3)n2)cc1. The third-order valence-electron chi connectivity index (χ3n) is 3.45. The quantitative estimate of drug-likeness (QED) is 0.825. The van der Waals surface area contributed by atoms with Gasteiger partial charge < -0.3 is 9.26 Å². The highest BCUT2D eigenvalue weighted by Gasteiger charge is 2.28. The van der Waals surface area contributed by atoms with E-state index in [1.165, 1.54) is 0 Å². The average Bonchev–Trinajstić information content (AvgIpc) is 3.11. The lowest BCUT2D eigenvalue weighted by molar-refractivity contribution is 0.391. The predicted molar refractivity (Wildman–Crippen MR) is 84.6 cm³/mol. The number of nitrogens with zero attached hydrogens (tertiary/aromatic N) is 2. The second kappa shape index (κ2) is 6.29. The third-order valence-corrected chi connectivity index (χ3v) is 6.72. The van der Waals surface area contributed by atoms with Crippen LogP contribution in [0.1, 0.15) is 12.3 Å². The molecule has 1 aromatic heterocycles. The van der Waals surface area contributed by atoms with Crippen LogP contribution in [0.15, 0.2) is 28.8 Å². The van der Waals surface area contributed by atoms with Crippen molar-refractivity contribution in [2.45, 2.75) is 17.4 Å². The molecule has 0 aliphatic carbocycles. The summed E-state index contributed by atoms with van der Waals surface area (Å²) >= 11 is 1.56. The molecule has 0 N–H and O–H groups in total. The van der Waals surface area contributed by atoms with E-state index in [9.17, 15) is 8.42 Å². The Morgan fingerprint density at radius 1 is 1.36 bits per heavy atom. The van der Waals surface area contributed by atoms with Crippen LogP contribution in [0.2, 0.25) is 0 Å². The first-order valence-corrected chi connectivity index (χ1v) is 9.72. The second-order valence-electron chi connectivity index (χ2n) is 5.08. The van der Waals surface area contributed by atoms with Gasteiger partial charge in [0.25, 0.3) is 0 Å². The highest BCUT2D eigenvalue weighted by molar-refractivity contribution is 8.01. The molecule has 1 aliphatic heterocycles. The fraction of sp³-hybridized carbons (Fsp3) is 0.429. The molecule has 1 atom stereocenters. The van der Waals surface area contributed by atoms with Crippen LogP contribution in [0, 0.1) is 0 Å². The van der Waals surface area contributed by atoms with Crippen LogP contribution in [-0.4, -0.2) is 42.4 Å². The van der Waals surface area contributed by atoms with Gasteiger partial charge in [0.05, 0.1) is 24.4 Å². The van der Waals surface area contributed by atoms with Gasteiger partial charge in [0, 0.05) is 10.8 Å². The molecule has 118 valence electrons. The molecule has 3 rings (SSSR count). The van der Waals surface area contributed by atoms with Gasteiger partial charge in [-0.2, -0.15) is 4.98 Å². The van der Waals surface area contributed by atoms with Crippen LogP contribution in [-0.2, 0) is 15.6 Å². The van der Waals surface area contributed by atoms with E-state index in [1.54, 1.807) is 18.9 Å². The van der Waals surface area contributed by atoms with E-state index >= 15 is 0 Å². The average molecular weight is 340 g/mol. The molecular formula is C14H16N2O4S2. The number of thioether (sulfide) groups is 1. The van der Waals surface area contributed by atoms with Gasteiger partial charge in [-0.15, -0.1) is 11.8 Å². The summed E-state index contributed by atoms with van der Waals surface area (Å²) in [5.74, 6) is 2.87. The van der Waals surface area contributed by atoms with Gasteiger partial charge in [0.1, 0.15) is 5.75 Å². The van der Waals surface area contributed by atoms with Crippen LogP contribution in [0.3, 0.4) is 0 Å². The predicted octanol–water partition coefficient (Wildman–Crippen LogP) is 2.17. The van der Waals surface area contributed by atoms with Gasteiger partial charge in [-0.05, 0) is 30.7 Å². The number of hydrogen-bond donors (Lipinski definition) is 0. The van der Waals surface area contributed by atoms with Crippen molar-refractivity contribution in [3.8, 4) is 17.1 Å². The van der Waals surface area contributed by atoms with Gasteiger partial charge >= 0.3 is 0 Å². The minimum Gasteiger partial charge on any atom is -0.497 e. The highest BCUT2D eigenvalue weighted by atomic mass is 32.2. The number of aromatic nitrogens is 2. The first kappa shape index (κ1) is 15.4. The minimum absolute atomic E-state index is 0.126. The van der Waals surface area contributed by atoms with E-state index < -0.39 is 9.84 Å². The van der Waals surface area contributed by atoms with E-state index in [0.717, 1.165) is 11.3 Å². The summed E-state index contributed by atoms with van der Waals surface area (Å²) in [7, 11) is -1.23. The molecule has 1 saturated heterocycles. The molecular weight excluding hydrogens is 324 g/mol. The molecule has 22 heavy (non-hydrogen) atoms. The molecule has 2 heterocycles. The molecule has 8 heteroatoms. The Morgan fingerprint density at radius 3 is 2.77 bits per heavy atom. The number of methoxy groups -OCH3 is 1. The Hall–Kier alpha value is -1.54. The van der Waals surface area contributed by atoms with Crippen molar-refractivity contribution in [2.24, 2.45) is 0 Å². The topological polar surface area (TPSA) is 82.3 Å². The summed E-state index contributed by atoms with van der Waals surface area (Å²) in [6.07, 6.45) is 0.701. The Kier molecular flexibility index (Phi) is 4.39. The van der Waals surface area contributed by atoms with E-state index in [-0.39, 0.29) is 16.8 Å². The van der Waals surface area contributed by atoms with Crippen molar-refractivity contribution in [1.29, 1.82) is 0 Å². The minimum atomic E-state index is -2.84. The van der Waals surface area contributed by atoms with Crippen LogP contribution < -0.4 is 4.74 Å². The van der Waals surface area contributed by atoms with Crippen LogP contribution in [0.4, 0.5) is 0 Å². The third kappa shape index (κ3) is 3.61. The maximum Gasteiger partial charge on any atom is 0.236 e. The number of sulfone groups is 1. The molecule has 0 unspecified atom stereocenters. The zero-order chi connectivity index (χ0) is 15.6. The summed E-state index contributed by atoms with van der Waals surface area (Å²) in [5, 5.41) is 4.08. The summed E-state index contributed by atoms with van der Waals surface area (Å²) in [4.78, 5) is 4.34. The Bertz CT molecular complexity index is 740. The zero-order valence-corrected chi connectivity index (χ0v) is 13.7. The summed E-state index contributed by atoms with van der Waals surface area (Å²) < 4.78 is 33.2. The van der Waals surface area contributed by atoms with E-state index in [2.05, 4.69) is 10.1 Å². The number of hydrogen-bond acceptors (Lipinski definition) is 7. The summed E-state index contributed by atoms with van der Waals surface area (Å²) in [6, 6.07) is 7.40. The van der Waals surface area contributed by atoms with Gasteiger partial charge in [0.15, 0.2) is 9.84 Å². The van der Waals surface area contributed by atoms with E-state index in [1.807, 2.05) is 24.3 Å². The molecule has 1 fully saturated rings. The lowest BCUT2D eigenvalue weighted by Gasteiger charge is -2.03. The molecule has 6 nitrogen and oxygen atoms in total. The highest BCUT2D eigenvalue weighted by Crippen LogP contribution is 2.27. The van der Waals surface area contributed by atoms with E-state index in [4.69, 9.17) is 9.26 Å². The molecule has 0 saturated carbocycles. The smallest absolute Gasteiger partial charge is 0.236 e. The number of rotatable bonds is 5. The lowest BCUT2D eigenvalue weighted by Crippen LogP contribution is -2.06. The van der Waals surface area contributed by atoms with Gasteiger partial charge in [0.2, 0.25) is 11.7 Å². The number of benzene rings is 1. The molecule has 0 amide bonds. The Morgan fingerprint density at radius 2 is 2.14 bits per heavy atom. The molecule has 1 aromatic carbocycles. The standard InChI is InChI=1S/C14H16N2O4S2/c1-19-11-4-2-10(3-5-11)14-15-13(20-16-14)8-21-12-6-7-22(17,18)9-12/h2-5,12H,6-9H2,1H3/t12-/m1/s1. The first-order chi connectivity index (χ1) is 10.6. The van der Waals surface area contributed by atoms with Crippen molar-refractivity contribution in [1.82, 2.24) is 10.1 Å². The lowest BCUT2D eigenvalue weighted by atomic mass is 10.2. The van der Waals surface area contributed by atoms with E-state index in [0.29, 0.717) is 23.9 Å². The summed E-state index contributed by atoms with van der Waals surface area (Å²) in [6.45, 7) is 0. The Labute approximate surface area is 133 Å². The monoisotopic (exact) mass is 340 g/mol. The van der Waals surface area contributed by atoms with Crippen LogP contribution >= 0.6 is 11.8 Å². The van der Waals surface area contributed by atoms with Crippen LogP contribution in [0.5, 0.6) is 5.75 Å². The molecule has 2 aromatic rings. The Balaban J connectivity index is 1.61.